The predicted molar refractivity (Wildman–Crippen MR) is 97.2 cm³/mol. The maximum atomic E-state index is 12.6. The van der Waals surface area contributed by atoms with Gasteiger partial charge in [-0.05, 0) is 37.5 Å². The Morgan fingerprint density at radius 1 is 1.19 bits per heavy atom. The third-order valence-corrected chi connectivity index (χ3v) is 4.84. The summed E-state index contributed by atoms with van der Waals surface area (Å²) in [5.41, 5.74) is 2.65. The maximum Gasteiger partial charge on any atom is 0.302 e. The van der Waals surface area contributed by atoms with E-state index in [9.17, 15) is 9.59 Å². The van der Waals surface area contributed by atoms with Gasteiger partial charge in [-0.15, -0.1) is 0 Å². The van der Waals surface area contributed by atoms with Crippen molar-refractivity contribution < 1.29 is 14.0 Å². The summed E-state index contributed by atoms with van der Waals surface area (Å²) >= 11 is 0. The molecule has 0 unspecified atom stereocenters. The third-order valence-electron chi connectivity index (χ3n) is 4.84. The summed E-state index contributed by atoms with van der Waals surface area (Å²) in [4.78, 5) is 32.5. The van der Waals surface area contributed by atoms with E-state index in [0.29, 0.717) is 13.1 Å². The molecule has 2 fully saturated rings. The van der Waals surface area contributed by atoms with Crippen LogP contribution in [0.1, 0.15) is 28.9 Å². The summed E-state index contributed by atoms with van der Waals surface area (Å²) in [6.07, 6.45) is 3.13. The van der Waals surface area contributed by atoms with Gasteiger partial charge in [0, 0.05) is 37.8 Å². The van der Waals surface area contributed by atoms with Gasteiger partial charge in [0.1, 0.15) is 6.26 Å². The molecule has 0 bridgehead atoms. The Kier molecular flexibility index (Phi) is 4.36. The van der Waals surface area contributed by atoms with E-state index in [4.69, 9.17) is 4.42 Å². The molecule has 1 aromatic heterocycles. The number of carbonyl (C=O) groups excluding carboxylic acids is 2. The van der Waals surface area contributed by atoms with Crippen LogP contribution in [0.5, 0.6) is 0 Å². The standard InChI is InChI=1S/C19H22N4O3/c1-13-3-2-4-15(11-13)22-7-9-23(10-8-22)18(25)16-12-26-19(20-16)21-17(24)14-5-6-14/h2-4,11-12,14H,5-10H2,1H3,(H,20,21,24). The molecular formula is C19H22N4O3. The van der Waals surface area contributed by atoms with E-state index in [1.165, 1.54) is 17.5 Å². The van der Waals surface area contributed by atoms with Gasteiger partial charge in [-0.3, -0.25) is 14.9 Å². The lowest BCUT2D eigenvalue weighted by atomic mass is 10.2. The van der Waals surface area contributed by atoms with Crippen LogP contribution in [0.3, 0.4) is 0 Å². The van der Waals surface area contributed by atoms with Crippen LogP contribution in [0.15, 0.2) is 34.9 Å². The van der Waals surface area contributed by atoms with Crippen LogP contribution in [0.2, 0.25) is 0 Å². The minimum Gasteiger partial charge on any atom is -0.431 e. The molecule has 26 heavy (non-hydrogen) atoms. The third kappa shape index (κ3) is 3.56. The molecule has 1 saturated carbocycles. The van der Waals surface area contributed by atoms with Crippen molar-refractivity contribution in [1.82, 2.24) is 9.88 Å². The normalized spacial score (nSPS) is 17.3. The van der Waals surface area contributed by atoms with Crippen LogP contribution in [0, 0.1) is 12.8 Å². The number of nitrogens with zero attached hydrogens (tertiary/aromatic N) is 3. The average molecular weight is 354 g/mol. The number of amides is 2. The van der Waals surface area contributed by atoms with Crippen molar-refractivity contribution >= 4 is 23.5 Å². The van der Waals surface area contributed by atoms with Gasteiger partial charge >= 0.3 is 6.01 Å². The summed E-state index contributed by atoms with van der Waals surface area (Å²) in [6, 6.07) is 8.48. The van der Waals surface area contributed by atoms with Gasteiger partial charge in [0.25, 0.3) is 5.91 Å². The Bertz CT molecular complexity index is 820. The lowest BCUT2D eigenvalue weighted by Crippen LogP contribution is -2.48. The van der Waals surface area contributed by atoms with Crippen molar-refractivity contribution in [2.75, 3.05) is 36.4 Å². The van der Waals surface area contributed by atoms with Crippen LogP contribution in [-0.4, -0.2) is 47.9 Å². The second kappa shape index (κ2) is 6.82. The zero-order valence-electron chi connectivity index (χ0n) is 14.8. The molecule has 136 valence electrons. The SMILES string of the molecule is Cc1cccc(N2CCN(C(=O)c3coc(NC(=O)C4CC4)n3)CC2)c1. The van der Waals surface area contributed by atoms with E-state index in [1.54, 1.807) is 4.90 Å². The summed E-state index contributed by atoms with van der Waals surface area (Å²) in [5.74, 6) is -0.182. The minimum atomic E-state index is -0.162. The quantitative estimate of drug-likeness (QED) is 0.911. The van der Waals surface area contributed by atoms with Gasteiger partial charge in [-0.2, -0.15) is 4.98 Å². The number of benzene rings is 1. The highest BCUT2D eigenvalue weighted by atomic mass is 16.4. The Balaban J connectivity index is 1.34. The highest BCUT2D eigenvalue weighted by molar-refractivity contribution is 5.95. The molecule has 0 radical (unpaired) electrons. The fourth-order valence-electron chi connectivity index (χ4n) is 3.14. The molecule has 0 spiro atoms. The summed E-state index contributed by atoms with van der Waals surface area (Å²) in [6.45, 7) is 4.89. The molecule has 2 amide bonds. The summed E-state index contributed by atoms with van der Waals surface area (Å²) in [7, 11) is 0. The van der Waals surface area contributed by atoms with E-state index in [2.05, 4.69) is 46.4 Å². The van der Waals surface area contributed by atoms with Crippen molar-refractivity contribution in [2.45, 2.75) is 19.8 Å². The zero-order valence-corrected chi connectivity index (χ0v) is 14.8. The fourth-order valence-corrected chi connectivity index (χ4v) is 3.14. The number of piperazine rings is 1. The number of aromatic nitrogens is 1. The fraction of sp³-hybridized carbons (Fsp3) is 0.421. The van der Waals surface area contributed by atoms with E-state index in [0.717, 1.165) is 25.9 Å². The maximum absolute atomic E-state index is 12.6. The number of hydrogen-bond acceptors (Lipinski definition) is 5. The first-order valence-electron chi connectivity index (χ1n) is 8.97. The Labute approximate surface area is 152 Å². The summed E-state index contributed by atoms with van der Waals surface area (Å²) in [5, 5.41) is 2.62. The molecule has 2 aromatic rings. The van der Waals surface area contributed by atoms with Crippen LogP contribution < -0.4 is 10.2 Å². The van der Waals surface area contributed by atoms with Crippen molar-refractivity contribution in [3.05, 3.63) is 41.8 Å². The number of aryl methyl sites for hydroxylation is 1. The van der Waals surface area contributed by atoms with Crippen LogP contribution in [-0.2, 0) is 4.79 Å². The highest BCUT2D eigenvalue weighted by Gasteiger charge is 2.31. The number of carbonyl (C=O) groups is 2. The van der Waals surface area contributed by atoms with E-state index in [-0.39, 0.29) is 29.4 Å². The lowest BCUT2D eigenvalue weighted by Gasteiger charge is -2.35. The van der Waals surface area contributed by atoms with Gasteiger partial charge in [-0.1, -0.05) is 12.1 Å². The molecule has 2 aliphatic rings. The predicted octanol–water partition coefficient (Wildman–Crippen LogP) is 2.29. The topological polar surface area (TPSA) is 78.7 Å². The molecule has 1 aromatic carbocycles. The molecule has 7 heteroatoms. The second-order valence-corrected chi connectivity index (χ2v) is 6.92. The monoisotopic (exact) mass is 354 g/mol. The average Bonchev–Trinajstić information content (AvgIpc) is 3.41. The first-order valence-corrected chi connectivity index (χ1v) is 8.97. The largest absolute Gasteiger partial charge is 0.431 e. The molecular weight excluding hydrogens is 332 g/mol. The van der Waals surface area contributed by atoms with Crippen molar-refractivity contribution in [2.24, 2.45) is 5.92 Å². The highest BCUT2D eigenvalue weighted by Crippen LogP contribution is 2.30. The second-order valence-electron chi connectivity index (χ2n) is 6.92. The number of hydrogen-bond donors (Lipinski definition) is 1. The van der Waals surface area contributed by atoms with E-state index >= 15 is 0 Å². The number of rotatable bonds is 4. The van der Waals surface area contributed by atoms with Crippen LogP contribution in [0.4, 0.5) is 11.7 Å². The van der Waals surface area contributed by atoms with Gasteiger partial charge in [0.05, 0.1) is 0 Å². The molecule has 7 nitrogen and oxygen atoms in total. The first-order chi connectivity index (χ1) is 12.6. The van der Waals surface area contributed by atoms with Crippen molar-refractivity contribution in [1.29, 1.82) is 0 Å². The van der Waals surface area contributed by atoms with Crippen LogP contribution >= 0.6 is 0 Å². The zero-order chi connectivity index (χ0) is 18.1. The smallest absolute Gasteiger partial charge is 0.302 e. The van der Waals surface area contributed by atoms with E-state index in [1.807, 2.05) is 0 Å². The summed E-state index contributed by atoms with van der Waals surface area (Å²) < 4.78 is 5.23. The number of nitrogens with one attached hydrogen (secondary N) is 1. The van der Waals surface area contributed by atoms with Gasteiger partial charge in [0.2, 0.25) is 5.91 Å². The molecule has 4 rings (SSSR count). The van der Waals surface area contributed by atoms with Gasteiger partial charge in [-0.25, -0.2) is 0 Å². The Hall–Kier alpha value is -2.83. The van der Waals surface area contributed by atoms with Gasteiger partial charge in [0.15, 0.2) is 5.69 Å². The van der Waals surface area contributed by atoms with Crippen molar-refractivity contribution in [3.63, 3.8) is 0 Å². The first kappa shape index (κ1) is 16.6. The Morgan fingerprint density at radius 3 is 2.65 bits per heavy atom. The molecule has 1 aliphatic heterocycles. The lowest BCUT2D eigenvalue weighted by molar-refractivity contribution is -0.117. The molecule has 1 saturated heterocycles. The number of anilines is 2. The minimum absolute atomic E-state index is 0.0655. The van der Waals surface area contributed by atoms with Crippen molar-refractivity contribution in [3.8, 4) is 0 Å². The molecule has 0 atom stereocenters. The molecule has 1 N–H and O–H groups in total. The Morgan fingerprint density at radius 2 is 1.96 bits per heavy atom. The van der Waals surface area contributed by atoms with E-state index < -0.39 is 0 Å². The van der Waals surface area contributed by atoms with Crippen LogP contribution in [0.25, 0.3) is 0 Å². The number of oxazole rings is 1. The van der Waals surface area contributed by atoms with Gasteiger partial charge < -0.3 is 14.2 Å². The molecule has 1 aliphatic carbocycles. The molecule has 2 heterocycles.